The molecule has 0 aliphatic carbocycles. The fraction of sp³-hybridized carbons (Fsp3) is 0.500. The molecule has 3 aliphatic rings. The Labute approximate surface area is 207 Å². The van der Waals surface area contributed by atoms with Crippen molar-refractivity contribution in [2.24, 2.45) is 10.9 Å². The maximum atomic E-state index is 13.3. The van der Waals surface area contributed by atoms with Gasteiger partial charge in [-0.15, -0.1) is 11.3 Å². The standard InChI is InChI=1S/C24H29N3O5S2/c1-4-31-22(29)16-8-6-10-26(13-16)19(28)12-17-14-34-24-25-15(3)20(23(30)32-5-2)21(27(17)24)18-9-7-11-33-18/h7,9,11,14,16,21H,4-6,8,10,12-13H2,1-3H3/t16-,21-/m0/s1. The lowest BCUT2D eigenvalue weighted by Crippen LogP contribution is -2.44. The van der Waals surface area contributed by atoms with E-state index in [9.17, 15) is 14.4 Å². The average molecular weight is 504 g/mol. The quantitative estimate of drug-likeness (QED) is 0.518. The second-order valence-electron chi connectivity index (χ2n) is 8.24. The normalized spacial score (nSPS) is 22.2. The van der Waals surface area contributed by atoms with Crippen molar-refractivity contribution in [1.82, 2.24) is 9.80 Å². The molecule has 10 heteroatoms. The molecule has 3 aliphatic heterocycles. The Hall–Kier alpha value is -2.59. The molecule has 2 atom stereocenters. The van der Waals surface area contributed by atoms with Crippen molar-refractivity contribution in [2.45, 2.75) is 46.1 Å². The van der Waals surface area contributed by atoms with E-state index in [0.717, 1.165) is 28.6 Å². The average Bonchev–Trinajstić information content (AvgIpc) is 3.49. The van der Waals surface area contributed by atoms with Gasteiger partial charge in [0.25, 0.3) is 0 Å². The summed E-state index contributed by atoms with van der Waals surface area (Å²) < 4.78 is 10.5. The summed E-state index contributed by atoms with van der Waals surface area (Å²) in [5.74, 6) is -0.955. The Kier molecular flexibility index (Phi) is 7.77. The fourth-order valence-corrected chi connectivity index (χ4v) is 6.27. The highest BCUT2D eigenvalue weighted by Crippen LogP contribution is 2.46. The van der Waals surface area contributed by atoms with Crippen LogP contribution in [0.5, 0.6) is 0 Å². The SMILES string of the molecule is CCOC(=O)C1=C(C)N=C2SC=C(CC(=O)N3CCC[C@H](C(=O)OCC)C3)N2[C@H]1c1cccs1. The second kappa shape index (κ2) is 10.8. The van der Waals surface area contributed by atoms with Gasteiger partial charge in [-0.2, -0.15) is 0 Å². The van der Waals surface area contributed by atoms with Crippen molar-refractivity contribution in [3.05, 3.63) is 44.8 Å². The molecule has 1 fully saturated rings. The Morgan fingerprint density at radius 1 is 1.21 bits per heavy atom. The predicted molar refractivity (Wildman–Crippen MR) is 132 cm³/mol. The lowest BCUT2D eigenvalue weighted by molar-refractivity contribution is -0.151. The topological polar surface area (TPSA) is 88.5 Å². The van der Waals surface area contributed by atoms with Crippen LogP contribution in [0.25, 0.3) is 0 Å². The summed E-state index contributed by atoms with van der Waals surface area (Å²) in [6.07, 6.45) is 1.67. The molecule has 0 N–H and O–H groups in total. The maximum absolute atomic E-state index is 13.3. The van der Waals surface area contributed by atoms with Crippen molar-refractivity contribution in [2.75, 3.05) is 26.3 Å². The van der Waals surface area contributed by atoms with Gasteiger partial charge in [0, 0.05) is 23.7 Å². The number of nitrogens with zero attached hydrogens (tertiary/aromatic N) is 3. The summed E-state index contributed by atoms with van der Waals surface area (Å²) in [6, 6.07) is 3.54. The number of hydrogen-bond donors (Lipinski definition) is 0. The first-order chi connectivity index (χ1) is 16.4. The van der Waals surface area contributed by atoms with Crippen LogP contribution in [0, 0.1) is 5.92 Å². The molecule has 1 saturated heterocycles. The molecule has 182 valence electrons. The summed E-state index contributed by atoms with van der Waals surface area (Å²) in [5, 5.41) is 4.65. The summed E-state index contributed by atoms with van der Waals surface area (Å²) in [7, 11) is 0. The fourth-order valence-electron chi connectivity index (χ4n) is 4.48. The molecule has 34 heavy (non-hydrogen) atoms. The zero-order valence-corrected chi connectivity index (χ0v) is 21.2. The Morgan fingerprint density at radius 2 is 2.00 bits per heavy atom. The number of ether oxygens (including phenoxy) is 2. The van der Waals surface area contributed by atoms with E-state index in [1.165, 1.54) is 11.8 Å². The molecule has 0 spiro atoms. The molecular formula is C24H29N3O5S2. The smallest absolute Gasteiger partial charge is 0.338 e. The predicted octanol–water partition coefficient (Wildman–Crippen LogP) is 4.08. The Balaban J connectivity index is 1.56. The van der Waals surface area contributed by atoms with Crippen molar-refractivity contribution in [3.63, 3.8) is 0 Å². The number of esters is 2. The van der Waals surface area contributed by atoms with Crippen molar-refractivity contribution >= 4 is 46.1 Å². The zero-order chi connectivity index (χ0) is 24.2. The number of carbonyl (C=O) groups is 3. The molecule has 4 heterocycles. The number of thiophene rings is 1. The van der Waals surface area contributed by atoms with Gasteiger partial charge in [-0.3, -0.25) is 9.59 Å². The van der Waals surface area contributed by atoms with Crippen molar-refractivity contribution < 1.29 is 23.9 Å². The Bertz CT molecular complexity index is 1050. The molecule has 1 aromatic heterocycles. The molecule has 0 aromatic carbocycles. The molecule has 1 amide bonds. The number of likely N-dealkylation sites (tertiary alicyclic amines) is 1. The van der Waals surface area contributed by atoms with Gasteiger partial charge < -0.3 is 19.3 Å². The van der Waals surface area contributed by atoms with Crippen LogP contribution in [0.3, 0.4) is 0 Å². The molecule has 0 bridgehead atoms. The third-order valence-electron chi connectivity index (χ3n) is 6.04. The van der Waals surface area contributed by atoms with Gasteiger partial charge in [-0.1, -0.05) is 17.8 Å². The van der Waals surface area contributed by atoms with Gasteiger partial charge in [-0.25, -0.2) is 9.79 Å². The van der Waals surface area contributed by atoms with E-state index in [4.69, 9.17) is 9.47 Å². The first-order valence-corrected chi connectivity index (χ1v) is 13.3. The van der Waals surface area contributed by atoms with Crippen molar-refractivity contribution in [1.29, 1.82) is 0 Å². The van der Waals surface area contributed by atoms with E-state index < -0.39 is 12.0 Å². The van der Waals surface area contributed by atoms with E-state index in [1.807, 2.05) is 34.7 Å². The lowest BCUT2D eigenvalue weighted by Gasteiger charge is -2.36. The van der Waals surface area contributed by atoms with Crippen LogP contribution in [0.4, 0.5) is 0 Å². The van der Waals surface area contributed by atoms with Crippen LogP contribution in [0.15, 0.2) is 44.9 Å². The van der Waals surface area contributed by atoms with E-state index in [-0.39, 0.29) is 30.8 Å². The van der Waals surface area contributed by atoms with Gasteiger partial charge in [-0.05, 0) is 50.5 Å². The number of amidine groups is 1. The van der Waals surface area contributed by atoms with Crippen LogP contribution < -0.4 is 0 Å². The largest absolute Gasteiger partial charge is 0.466 e. The number of piperidine rings is 1. The van der Waals surface area contributed by atoms with E-state index in [1.54, 1.807) is 30.1 Å². The monoisotopic (exact) mass is 503 g/mol. The molecule has 1 aromatic rings. The minimum absolute atomic E-state index is 0.0454. The van der Waals surface area contributed by atoms with E-state index >= 15 is 0 Å². The summed E-state index contributed by atoms with van der Waals surface area (Å²) in [6.45, 7) is 7.00. The van der Waals surface area contributed by atoms with Gasteiger partial charge in [0.05, 0.1) is 36.8 Å². The van der Waals surface area contributed by atoms with Gasteiger partial charge in [0.2, 0.25) is 5.91 Å². The first-order valence-electron chi connectivity index (χ1n) is 11.5. The van der Waals surface area contributed by atoms with Gasteiger partial charge >= 0.3 is 11.9 Å². The number of fused-ring (bicyclic) bond motifs is 1. The highest BCUT2D eigenvalue weighted by Gasteiger charge is 2.42. The van der Waals surface area contributed by atoms with Crippen LogP contribution in [-0.2, 0) is 23.9 Å². The third-order valence-corrected chi connectivity index (χ3v) is 7.85. The molecule has 0 saturated carbocycles. The molecule has 0 radical (unpaired) electrons. The maximum Gasteiger partial charge on any atom is 0.338 e. The minimum atomic E-state index is -0.394. The van der Waals surface area contributed by atoms with Gasteiger partial charge in [0.15, 0.2) is 5.17 Å². The van der Waals surface area contributed by atoms with Crippen molar-refractivity contribution in [3.8, 4) is 0 Å². The molecular weight excluding hydrogens is 474 g/mol. The summed E-state index contributed by atoms with van der Waals surface area (Å²) in [4.78, 5) is 47.8. The number of amides is 1. The number of rotatable bonds is 7. The number of hydrogen-bond acceptors (Lipinski definition) is 9. The molecule has 0 unspecified atom stereocenters. The number of allylic oxidation sites excluding steroid dienone is 1. The summed E-state index contributed by atoms with van der Waals surface area (Å²) in [5.41, 5.74) is 1.92. The zero-order valence-electron chi connectivity index (χ0n) is 19.6. The Morgan fingerprint density at radius 3 is 2.71 bits per heavy atom. The number of aliphatic imine (C=N–C) groups is 1. The second-order valence-corrected chi connectivity index (χ2v) is 10.1. The van der Waals surface area contributed by atoms with Crippen LogP contribution in [0.2, 0.25) is 0 Å². The number of carbonyl (C=O) groups excluding carboxylic acids is 3. The van der Waals surface area contributed by atoms with E-state index in [0.29, 0.717) is 31.0 Å². The third kappa shape index (κ3) is 4.93. The van der Waals surface area contributed by atoms with Crippen LogP contribution in [0.1, 0.15) is 51.0 Å². The minimum Gasteiger partial charge on any atom is -0.466 e. The lowest BCUT2D eigenvalue weighted by atomic mass is 9.97. The highest BCUT2D eigenvalue weighted by molar-refractivity contribution is 8.16. The van der Waals surface area contributed by atoms with Crippen LogP contribution >= 0.6 is 23.1 Å². The van der Waals surface area contributed by atoms with Gasteiger partial charge in [0.1, 0.15) is 6.04 Å². The van der Waals surface area contributed by atoms with Crippen LogP contribution in [-0.4, -0.2) is 59.1 Å². The summed E-state index contributed by atoms with van der Waals surface area (Å²) >= 11 is 3.01. The first kappa shape index (κ1) is 24.5. The van der Waals surface area contributed by atoms with E-state index in [2.05, 4.69) is 4.99 Å². The molecule has 8 nitrogen and oxygen atoms in total. The number of thioether (sulfide) groups is 1. The highest BCUT2D eigenvalue weighted by atomic mass is 32.2. The molecule has 4 rings (SSSR count).